The highest BCUT2D eigenvalue weighted by Crippen LogP contribution is 2.04. The molecule has 0 aliphatic rings. The summed E-state index contributed by atoms with van der Waals surface area (Å²) in [7, 11) is 0. The van der Waals surface area contributed by atoms with E-state index in [1.807, 2.05) is 19.1 Å². The molecule has 0 spiro atoms. The van der Waals surface area contributed by atoms with E-state index in [0.29, 0.717) is 0 Å². The van der Waals surface area contributed by atoms with Crippen LogP contribution in [0.1, 0.15) is 19.4 Å². The number of hydrogen-bond acceptors (Lipinski definition) is 0. The van der Waals surface area contributed by atoms with Crippen molar-refractivity contribution in [3.8, 4) is 0 Å². The van der Waals surface area contributed by atoms with Crippen molar-refractivity contribution >= 4 is 0 Å². The summed E-state index contributed by atoms with van der Waals surface area (Å²) in [6.07, 6.45) is 11.3. The molecule has 0 nitrogen and oxygen atoms in total. The van der Waals surface area contributed by atoms with E-state index < -0.39 is 0 Å². The fourth-order valence-electron chi connectivity index (χ4n) is 1.38. The molecule has 17 heavy (non-hydrogen) atoms. The number of rotatable bonds is 5. The summed E-state index contributed by atoms with van der Waals surface area (Å²) >= 11 is 0. The highest BCUT2D eigenvalue weighted by Gasteiger charge is 1.87. The van der Waals surface area contributed by atoms with E-state index in [9.17, 15) is 0 Å². The van der Waals surface area contributed by atoms with Gasteiger partial charge in [0.25, 0.3) is 0 Å². The fraction of sp³-hybridized carbons (Fsp3) is 0.176. The minimum Gasteiger partial charge on any atom is -0.0988 e. The normalized spacial score (nSPS) is 13.1. The van der Waals surface area contributed by atoms with Crippen LogP contribution in [0, 0.1) is 0 Å². The standard InChI is InChI=1S/C17H20/c1-4-15(2)9-8-10-16(3)13-14-17-11-6-5-7-12-17/h4-13H,1,14H2,2-3H3. The van der Waals surface area contributed by atoms with Gasteiger partial charge in [0.15, 0.2) is 0 Å². The molecule has 0 amide bonds. The number of hydrogen-bond donors (Lipinski definition) is 0. The van der Waals surface area contributed by atoms with Crippen LogP contribution in [0.25, 0.3) is 0 Å². The third-order valence-corrected chi connectivity index (χ3v) is 2.54. The van der Waals surface area contributed by atoms with Crippen molar-refractivity contribution in [1.29, 1.82) is 0 Å². The Labute approximate surface area is 105 Å². The van der Waals surface area contributed by atoms with Gasteiger partial charge in [0.05, 0.1) is 0 Å². The predicted molar refractivity (Wildman–Crippen MR) is 77.0 cm³/mol. The molecular weight excluding hydrogens is 204 g/mol. The highest BCUT2D eigenvalue weighted by molar-refractivity contribution is 5.27. The van der Waals surface area contributed by atoms with Gasteiger partial charge in [-0.25, -0.2) is 0 Å². The van der Waals surface area contributed by atoms with Gasteiger partial charge >= 0.3 is 0 Å². The van der Waals surface area contributed by atoms with Gasteiger partial charge in [-0.2, -0.15) is 0 Å². The highest BCUT2D eigenvalue weighted by atomic mass is 13.9. The van der Waals surface area contributed by atoms with Crippen LogP contribution in [0.15, 0.2) is 78.4 Å². The molecule has 0 saturated carbocycles. The lowest BCUT2D eigenvalue weighted by atomic mass is 10.1. The molecule has 0 aliphatic heterocycles. The van der Waals surface area contributed by atoms with Crippen LogP contribution < -0.4 is 0 Å². The number of allylic oxidation sites excluding steroid dienone is 7. The van der Waals surface area contributed by atoms with Crippen LogP contribution in [0.5, 0.6) is 0 Å². The fourth-order valence-corrected chi connectivity index (χ4v) is 1.38. The molecule has 0 radical (unpaired) electrons. The smallest absolute Gasteiger partial charge is 0.00917 e. The van der Waals surface area contributed by atoms with E-state index in [1.165, 1.54) is 16.7 Å². The summed E-state index contributed by atoms with van der Waals surface area (Å²) in [6, 6.07) is 10.5. The summed E-state index contributed by atoms with van der Waals surface area (Å²) in [5.41, 5.74) is 3.80. The summed E-state index contributed by atoms with van der Waals surface area (Å²) in [6.45, 7) is 7.88. The molecular formula is C17H20. The molecule has 0 N–H and O–H groups in total. The van der Waals surface area contributed by atoms with E-state index in [1.54, 1.807) is 0 Å². The SMILES string of the molecule is C=CC(C)=CC=CC(C)=CCc1ccccc1. The van der Waals surface area contributed by atoms with Crippen molar-refractivity contribution in [2.75, 3.05) is 0 Å². The van der Waals surface area contributed by atoms with Gasteiger partial charge < -0.3 is 0 Å². The van der Waals surface area contributed by atoms with Gasteiger partial charge in [-0.3, -0.25) is 0 Å². The molecule has 0 bridgehead atoms. The summed E-state index contributed by atoms with van der Waals surface area (Å²) in [4.78, 5) is 0. The monoisotopic (exact) mass is 224 g/mol. The minimum absolute atomic E-state index is 0.987. The zero-order chi connectivity index (χ0) is 12.5. The lowest BCUT2D eigenvalue weighted by Crippen LogP contribution is -1.80. The first-order chi connectivity index (χ1) is 8.22. The zero-order valence-corrected chi connectivity index (χ0v) is 10.7. The van der Waals surface area contributed by atoms with Gasteiger partial charge in [0.2, 0.25) is 0 Å². The minimum atomic E-state index is 0.987. The van der Waals surface area contributed by atoms with Crippen molar-refractivity contribution in [1.82, 2.24) is 0 Å². The van der Waals surface area contributed by atoms with Crippen LogP contribution in [0.4, 0.5) is 0 Å². The Morgan fingerprint density at radius 3 is 2.47 bits per heavy atom. The molecule has 0 atom stereocenters. The van der Waals surface area contributed by atoms with E-state index in [2.05, 4.69) is 62.1 Å². The van der Waals surface area contributed by atoms with E-state index in [4.69, 9.17) is 0 Å². The van der Waals surface area contributed by atoms with Crippen molar-refractivity contribution in [2.45, 2.75) is 20.3 Å². The predicted octanol–water partition coefficient (Wildman–Crippen LogP) is 4.86. The Balaban J connectivity index is 2.53. The Morgan fingerprint density at radius 1 is 1.12 bits per heavy atom. The van der Waals surface area contributed by atoms with Gasteiger partial charge in [-0.1, -0.05) is 78.4 Å². The van der Waals surface area contributed by atoms with Crippen LogP contribution in [-0.4, -0.2) is 0 Å². The second kappa shape index (κ2) is 7.45. The van der Waals surface area contributed by atoms with Crippen LogP contribution >= 0.6 is 0 Å². The molecule has 1 rings (SSSR count). The lowest BCUT2D eigenvalue weighted by Gasteiger charge is -1.96. The van der Waals surface area contributed by atoms with Gasteiger partial charge in [0, 0.05) is 0 Å². The van der Waals surface area contributed by atoms with E-state index >= 15 is 0 Å². The lowest BCUT2D eigenvalue weighted by molar-refractivity contribution is 1.24. The molecule has 88 valence electrons. The van der Waals surface area contributed by atoms with Gasteiger partial charge in [-0.05, 0) is 25.8 Å². The third kappa shape index (κ3) is 5.72. The Hall–Kier alpha value is -1.82. The average molecular weight is 224 g/mol. The van der Waals surface area contributed by atoms with Crippen molar-refractivity contribution in [3.63, 3.8) is 0 Å². The molecule has 0 heterocycles. The largest absolute Gasteiger partial charge is 0.0988 e. The summed E-state index contributed by atoms with van der Waals surface area (Å²) in [5.74, 6) is 0. The first-order valence-corrected chi connectivity index (χ1v) is 5.90. The Morgan fingerprint density at radius 2 is 1.82 bits per heavy atom. The van der Waals surface area contributed by atoms with Crippen molar-refractivity contribution in [3.05, 3.63) is 84.0 Å². The summed E-state index contributed by atoms with van der Waals surface area (Å²) < 4.78 is 0. The van der Waals surface area contributed by atoms with E-state index in [-0.39, 0.29) is 0 Å². The first-order valence-electron chi connectivity index (χ1n) is 5.90. The molecule has 0 aliphatic carbocycles. The molecule has 0 fully saturated rings. The molecule has 0 saturated heterocycles. The van der Waals surface area contributed by atoms with Crippen molar-refractivity contribution < 1.29 is 0 Å². The maximum atomic E-state index is 3.72. The average Bonchev–Trinajstić information content (AvgIpc) is 2.37. The van der Waals surface area contributed by atoms with Crippen LogP contribution in [0.3, 0.4) is 0 Å². The molecule has 0 unspecified atom stereocenters. The third-order valence-electron chi connectivity index (χ3n) is 2.54. The maximum absolute atomic E-state index is 3.72. The number of benzene rings is 1. The van der Waals surface area contributed by atoms with Crippen molar-refractivity contribution in [2.24, 2.45) is 0 Å². The van der Waals surface area contributed by atoms with Gasteiger partial charge in [-0.15, -0.1) is 0 Å². The van der Waals surface area contributed by atoms with E-state index in [0.717, 1.165) is 6.42 Å². The summed E-state index contributed by atoms with van der Waals surface area (Å²) in [5, 5.41) is 0. The Bertz CT molecular complexity index is 430. The maximum Gasteiger partial charge on any atom is -0.00917 e. The second-order valence-electron chi connectivity index (χ2n) is 4.11. The Kier molecular flexibility index (Phi) is 5.81. The topological polar surface area (TPSA) is 0 Å². The quantitative estimate of drug-likeness (QED) is 0.626. The molecule has 1 aromatic rings. The molecule has 1 aromatic carbocycles. The van der Waals surface area contributed by atoms with Gasteiger partial charge in [0.1, 0.15) is 0 Å². The van der Waals surface area contributed by atoms with Crippen LogP contribution in [-0.2, 0) is 6.42 Å². The molecule has 0 heteroatoms. The second-order valence-corrected chi connectivity index (χ2v) is 4.11. The molecule has 0 aromatic heterocycles. The zero-order valence-electron chi connectivity index (χ0n) is 10.7. The first kappa shape index (κ1) is 13.2. The van der Waals surface area contributed by atoms with Crippen LogP contribution in [0.2, 0.25) is 0 Å².